The van der Waals surface area contributed by atoms with E-state index in [1.165, 1.54) is 12.1 Å². The Bertz CT molecular complexity index is 362. The van der Waals surface area contributed by atoms with Crippen LogP contribution in [0.4, 0.5) is 5.69 Å². The molecule has 0 saturated carbocycles. The summed E-state index contributed by atoms with van der Waals surface area (Å²) in [7, 11) is -0.843. The molecule has 1 fully saturated rings. The normalized spacial score (nSPS) is 17.2. The highest BCUT2D eigenvalue weighted by Gasteiger charge is 2.16. The van der Waals surface area contributed by atoms with Gasteiger partial charge in [0, 0.05) is 18.3 Å². The zero-order valence-electron chi connectivity index (χ0n) is 8.67. The van der Waals surface area contributed by atoms with Crippen molar-refractivity contribution >= 4 is 14.1 Å². The summed E-state index contributed by atoms with van der Waals surface area (Å²) in [6, 6.07) is 6.52. The summed E-state index contributed by atoms with van der Waals surface area (Å²) in [5, 5.41) is 10.5. The second-order valence-corrected chi connectivity index (χ2v) is 4.93. The minimum atomic E-state index is -0.843. The average molecular weight is 241 g/mol. The van der Waals surface area contributed by atoms with Gasteiger partial charge in [-0.25, -0.2) is 0 Å². The van der Waals surface area contributed by atoms with Crippen LogP contribution in [0.15, 0.2) is 24.3 Å². The third-order valence-corrected chi connectivity index (χ3v) is 3.78. The van der Waals surface area contributed by atoms with Crippen LogP contribution < -0.4 is 0 Å². The van der Waals surface area contributed by atoms with Crippen LogP contribution in [0, 0.1) is 10.1 Å². The van der Waals surface area contributed by atoms with E-state index in [4.69, 9.17) is 9.05 Å². The minimum Gasteiger partial charge on any atom is -0.334 e. The molecule has 0 spiro atoms. The van der Waals surface area contributed by atoms with Crippen LogP contribution in [-0.4, -0.2) is 18.1 Å². The van der Waals surface area contributed by atoms with Gasteiger partial charge in [0.15, 0.2) is 8.38 Å². The van der Waals surface area contributed by atoms with Gasteiger partial charge in [-0.3, -0.25) is 10.1 Å². The summed E-state index contributed by atoms with van der Waals surface area (Å²) >= 11 is 0. The zero-order valence-corrected chi connectivity index (χ0v) is 9.56. The summed E-state index contributed by atoms with van der Waals surface area (Å²) in [4.78, 5) is 10.1. The quantitative estimate of drug-likeness (QED) is 0.463. The summed E-state index contributed by atoms with van der Waals surface area (Å²) in [5.41, 5.74) is 1.13. The molecule has 0 N–H and O–H groups in total. The van der Waals surface area contributed by atoms with Crippen molar-refractivity contribution in [1.82, 2.24) is 0 Å². The van der Waals surface area contributed by atoms with Crippen LogP contribution >= 0.6 is 8.38 Å². The lowest BCUT2D eigenvalue weighted by atomic mass is 10.2. The fourth-order valence-electron chi connectivity index (χ4n) is 1.39. The molecule has 1 saturated heterocycles. The van der Waals surface area contributed by atoms with Crippen LogP contribution in [0.3, 0.4) is 0 Å². The maximum Gasteiger partial charge on any atom is 0.269 e. The highest BCUT2D eigenvalue weighted by molar-refractivity contribution is 7.46. The van der Waals surface area contributed by atoms with Crippen molar-refractivity contribution in [2.75, 3.05) is 13.2 Å². The summed E-state index contributed by atoms with van der Waals surface area (Å²) in [6.07, 6.45) is 1.65. The molecular weight excluding hydrogens is 229 g/mol. The van der Waals surface area contributed by atoms with Crippen molar-refractivity contribution in [3.8, 4) is 0 Å². The smallest absolute Gasteiger partial charge is 0.269 e. The van der Waals surface area contributed by atoms with Gasteiger partial charge in [-0.15, -0.1) is 0 Å². The lowest BCUT2D eigenvalue weighted by molar-refractivity contribution is -0.384. The first-order chi connectivity index (χ1) is 7.75. The molecule has 0 amide bonds. The standard InChI is InChI=1S/C10H12NO4P/c12-11(13)10-4-2-9(3-5-10)8-16-14-6-1-7-15-16/h2-5H,1,6-8H2. The number of non-ortho nitro benzene ring substituents is 1. The van der Waals surface area contributed by atoms with Crippen LogP contribution in [0.2, 0.25) is 0 Å². The van der Waals surface area contributed by atoms with Gasteiger partial charge in [-0.2, -0.15) is 0 Å². The Morgan fingerprint density at radius 1 is 1.25 bits per heavy atom. The molecule has 1 aliphatic heterocycles. The molecule has 1 heterocycles. The van der Waals surface area contributed by atoms with E-state index in [1.807, 2.05) is 0 Å². The first-order valence-corrected chi connectivity index (χ1v) is 6.39. The zero-order chi connectivity index (χ0) is 11.4. The number of nitro groups is 1. The van der Waals surface area contributed by atoms with Crippen LogP contribution in [0.25, 0.3) is 0 Å². The first kappa shape index (κ1) is 11.5. The highest BCUT2D eigenvalue weighted by atomic mass is 31.2. The van der Waals surface area contributed by atoms with E-state index in [9.17, 15) is 10.1 Å². The molecule has 0 aromatic heterocycles. The lowest BCUT2D eigenvalue weighted by Crippen LogP contribution is -2.06. The van der Waals surface area contributed by atoms with Gasteiger partial charge in [0.2, 0.25) is 0 Å². The molecule has 0 unspecified atom stereocenters. The molecule has 5 nitrogen and oxygen atoms in total. The molecule has 86 valence electrons. The number of hydrogen-bond donors (Lipinski definition) is 0. The third kappa shape index (κ3) is 2.98. The SMILES string of the molecule is O=[N+]([O-])c1ccc(CP2OCCCO2)cc1. The predicted octanol–water partition coefficient (Wildman–Crippen LogP) is 2.84. The molecule has 16 heavy (non-hydrogen) atoms. The Balaban J connectivity index is 1.96. The van der Waals surface area contributed by atoms with Crippen LogP contribution in [-0.2, 0) is 15.2 Å². The number of nitrogens with zero attached hydrogens (tertiary/aromatic N) is 1. The number of nitro benzene ring substituents is 1. The molecule has 6 heteroatoms. The minimum absolute atomic E-state index is 0.113. The molecule has 0 atom stereocenters. The van der Waals surface area contributed by atoms with Gasteiger partial charge < -0.3 is 9.05 Å². The van der Waals surface area contributed by atoms with E-state index in [2.05, 4.69) is 0 Å². The van der Waals surface area contributed by atoms with Crippen molar-refractivity contribution < 1.29 is 14.0 Å². The van der Waals surface area contributed by atoms with Crippen molar-refractivity contribution in [3.63, 3.8) is 0 Å². The van der Waals surface area contributed by atoms with E-state index in [1.54, 1.807) is 12.1 Å². The Morgan fingerprint density at radius 3 is 2.44 bits per heavy atom. The van der Waals surface area contributed by atoms with Crippen molar-refractivity contribution in [2.24, 2.45) is 0 Å². The maximum absolute atomic E-state index is 10.5. The maximum atomic E-state index is 10.5. The molecule has 0 aliphatic carbocycles. The summed E-state index contributed by atoms with van der Waals surface area (Å²) < 4.78 is 10.9. The third-order valence-electron chi connectivity index (χ3n) is 2.22. The average Bonchev–Trinajstić information content (AvgIpc) is 2.31. The first-order valence-electron chi connectivity index (χ1n) is 5.02. The van der Waals surface area contributed by atoms with Gasteiger partial charge in [-0.05, 0) is 12.0 Å². The Kier molecular flexibility index (Phi) is 3.83. The summed E-state index contributed by atoms with van der Waals surface area (Å²) in [6.45, 7) is 1.50. The van der Waals surface area contributed by atoms with Crippen molar-refractivity contribution in [3.05, 3.63) is 39.9 Å². The van der Waals surface area contributed by atoms with Crippen LogP contribution in [0.1, 0.15) is 12.0 Å². The highest BCUT2D eigenvalue weighted by Crippen LogP contribution is 2.44. The number of rotatable bonds is 3. The van der Waals surface area contributed by atoms with Crippen molar-refractivity contribution in [2.45, 2.75) is 12.6 Å². The topological polar surface area (TPSA) is 61.6 Å². The van der Waals surface area contributed by atoms with E-state index >= 15 is 0 Å². The Morgan fingerprint density at radius 2 is 1.88 bits per heavy atom. The van der Waals surface area contributed by atoms with Crippen molar-refractivity contribution in [1.29, 1.82) is 0 Å². The summed E-state index contributed by atoms with van der Waals surface area (Å²) in [5.74, 6) is 0. The molecule has 1 aromatic carbocycles. The molecule has 1 aromatic rings. The van der Waals surface area contributed by atoms with E-state index < -0.39 is 13.3 Å². The number of benzene rings is 1. The fraction of sp³-hybridized carbons (Fsp3) is 0.400. The van der Waals surface area contributed by atoms with Gasteiger partial charge in [0.1, 0.15) is 0 Å². The van der Waals surface area contributed by atoms with Gasteiger partial charge in [0.05, 0.1) is 18.1 Å². The lowest BCUT2D eigenvalue weighted by Gasteiger charge is -2.21. The molecule has 0 radical (unpaired) electrons. The largest absolute Gasteiger partial charge is 0.334 e. The van der Waals surface area contributed by atoms with Gasteiger partial charge in [0.25, 0.3) is 5.69 Å². The van der Waals surface area contributed by atoms with Gasteiger partial charge >= 0.3 is 0 Å². The molecule has 1 aliphatic rings. The van der Waals surface area contributed by atoms with Crippen LogP contribution in [0.5, 0.6) is 0 Å². The Labute approximate surface area is 94.4 Å². The molecule has 2 rings (SSSR count). The van der Waals surface area contributed by atoms with E-state index in [0.29, 0.717) is 6.16 Å². The fourth-order valence-corrected chi connectivity index (χ4v) is 2.82. The molecular formula is C10H12NO4P. The van der Waals surface area contributed by atoms with E-state index in [0.717, 1.165) is 25.2 Å². The molecule has 0 bridgehead atoms. The number of hydrogen-bond acceptors (Lipinski definition) is 4. The van der Waals surface area contributed by atoms with E-state index in [-0.39, 0.29) is 5.69 Å². The second kappa shape index (κ2) is 5.34. The second-order valence-electron chi connectivity index (χ2n) is 3.43. The van der Waals surface area contributed by atoms with Gasteiger partial charge in [-0.1, -0.05) is 12.1 Å². The predicted molar refractivity (Wildman–Crippen MR) is 60.2 cm³/mol. The monoisotopic (exact) mass is 241 g/mol. The Hall–Kier alpha value is -1.03.